The lowest BCUT2D eigenvalue weighted by atomic mass is 10.1. The summed E-state index contributed by atoms with van der Waals surface area (Å²) in [5.41, 5.74) is 0.708. The van der Waals surface area contributed by atoms with Crippen molar-refractivity contribution in [3.05, 3.63) is 29.8 Å². The molecular formula is C15H16N5O3S-. The molecule has 1 aromatic heterocycles. The number of carbonyl (C=O) groups is 2. The quantitative estimate of drug-likeness (QED) is 0.709. The van der Waals surface area contributed by atoms with E-state index in [1.807, 2.05) is 4.90 Å². The van der Waals surface area contributed by atoms with Crippen LogP contribution >= 0.6 is 11.8 Å². The number of benzene rings is 1. The molecule has 126 valence electrons. The Labute approximate surface area is 142 Å². The van der Waals surface area contributed by atoms with E-state index >= 15 is 0 Å². The van der Waals surface area contributed by atoms with Crippen LogP contribution < -0.4 is 5.11 Å². The summed E-state index contributed by atoms with van der Waals surface area (Å²) in [4.78, 5) is 24.9. The molecule has 0 aliphatic carbocycles. The lowest BCUT2D eigenvalue weighted by Gasteiger charge is -2.26. The maximum atomic E-state index is 12.2. The van der Waals surface area contributed by atoms with Gasteiger partial charge in [-0.05, 0) is 47.4 Å². The van der Waals surface area contributed by atoms with Crippen LogP contribution in [-0.2, 0) is 4.79 Å². The highest BCUT2D eigenvalue weighted by molar-refractivity contribution is 7.99. The summed E-state index contributed by atoms with van der Waals surface area (Å²) in [5.74, 6) is -0.876. The smallest absolute Gasteiger partial charge is 0.233 e. The highest BCUT2D eigenvalue weighted by Crippen LogP contribution is 2.20. The molecule has 2 heterocycles. The van der Waals surface area contributed by atoms with Crippen LogP contribution in [0.4, 0.5) is 0 Å². The zero-order chi connectivity index (χ0) is 16.9. The van der Waals surface area contributed by atoms with E-state index < -0.39 is 5.97 Å². The Morgan fingerprint density at radius 2 is 1.83 bits per heavy atom. The first-order valence-corrected chi connectivity index (χ1v) is 8.64. The largest absolute Gasteiger partial charge is 0.545 e. The zero-order valence-electron chi connectivity index (χ0n) is 12.9. The van der Waals surface area contributed by atoms with E-state index in [2.05, 4.69) is 15.5 Å². The van der Waals surface area contributed by atoms with Gasteiger partial charge in [-0.25, -0.2) is 0 Å². The topological polar surface area (TPSA) is 104 Å². The van der Waals surface area contributed by atoms with Gasteiger partial charge in [0.15, 0.2) is 0 Å². The Bertz CT molecular complexity index is 725. The number of thioether (sulfide) groups is 1. The molecule has 0 spiro atoms. The van der Waals surface area contributed by atoms with E-state index in [1.54, 1.807) is 12.1 Å². The van der Waals surface area contributed by atoms with Crippen molar-refractivity contribution in [2.75, 3.05) is 18.8 Å². The van der Waals surface area contributed by atoms with Gasteiger partial charge in [-0.15, -0.1) is 5.10 Å². The molecule has 1 aliphatic rings. The van der Waals surface area contributed by atoms with E-state index in [4.69, 9.17) is 0 Å². The molecule has 0 atom stereocenters. The molecule has 0 bridgehead atoms. The number of likely N-dealkylation sites (tertiary alicyclic amines) is 1. The Morgan fingerprint density at radius 1 is 1.12 bits per heavy atom. The molecule has 1 fully saturated rings. The van der Waals surface area contributed by atoms with Crippen molar-refractivity contribution in [1.29, 1.82) is 0 Å². The van der Waals surface area contributed by atoms with Crippen molar-refractivity contribution >= 4 is 23.6 Å². The number of hydrogen-bond donors (Lipinski definition) is 0. The van der Waals surface area contributed by atoms with Gasteiger partial charge in [0.25, 0.3) is 0 Å². The van der Waals surface area contributed by atoms with Gasteiger partial charge in [0.1, 0.15) is 0 Å². The summed E-state index contributed by atoms with van der Waals surface area (Å²) in [6, 6.07) is 6.05. The summed E-state index contributed by atoms with van der Waals surface area (Å²) in [6.07, 6.45) is 3.29. The van der Waals surface area contributed by atoms with Gasteiger partial charge >= 0.3 is 0 Å². The van der Waals surface area contributed by atoms with Gasteiger partial charge in [0.05, 0.1) is 17.4 Å². The van der Waals surface area contributed by atoms with Crippen LogP contribution in [0.25, 0.3) is 5.69 Å². The van der Waals surface area contributed by atoms with E-state index in [0.717, 1.165) is 25.9 Å². The molecule has 9 heteroatoms. The van der Waals surface area contributed by atoms with Crippen molar-refractivity contribution in [2.45, 2.75) is 24.4 Å². The van der Waals surface area contributed by atoms with E-state index in [1.165, 1.54) is 35.0 Å². The Kier molecular flexibility index (Phi) is 5.09. The average molecular weight is 346 g/mol. The molecule has 0 saturated carbocycles. The monoisotopic (exact) mass is 346 g/mol. The molecule has 0 N–H and O–H groups in total. The zero-order valence-corrected chi connectivity index (χ0v) is 13.7. The lowest BCUT2D eigenvalue weighted by molar-refractivity contribution is -0.255. The molecule has 0 radical (unpaired) electrons. The Balaban J connectivity index is 1.66. The van der Waals surface area contributed by atoms with Crippen LogP contribution in [0.3, 0.4) is 0 Å². The van der Waals surface area contributed by atoms with Gasteiger partial charge in [0.2, 0.25) is 11.1 Å². The van der Waals surface area contributed by atoms with Crippen LogP contribution in [0, 0.1) is 0 Å². The predicted molar refractivity (Wildman–Crippen MR) is 84.6 cm³/mol. The summed E-state index contributed by atoms with van der Waals surface area (Å²) >= 11 is 1.27. The highest BCUT2D eigenvalue weighted by Gasteiger charge is 2.18. The van der Waals surface area contributed by atoms with Crippen molar-refractivity contribution in [3.63, 3.8) is 0 Å². The maximum Gasteiger partial charge on any atom is 0.233 e. The number of carbonyl (C=O) groups excluding carboxylic acids is 2. The number of aromatic nitrogens is 4. The van der Waals surface area contributed by atoms with E-state index in [0.29, 0.717) is 10.8 Å². The molecule has 3 rings (SSSR count). The third-order valence-electron chi connectivity index (χ3n) is 3.82. The minimum Gasteiger partial charge on any atom is -0.545 e. The second kappa shape index (κ2) is 7.43. The van der Waals surface area contributed by atoms with Gasteiger partial charge in [-0.1, -0.05) is 23.9 Å². The van der Waals surface area contributed by atoms with E-state index in [-0.39, 0.29) is 17.2 Å². The standard InChI is InChI=1S/C15H17N5O3S/c21-13(19-8-2-1-3-9-19)10-24-15-16-17-18-20(15)12-6-4-11(5-7-12)14(22)23/h4-7H,1-3,8-10H2,(H,22,23)/p-1. The van der Waals surface area contributed by atoms with Gasteiger partial charge in [-0.3, -0.25) is 4.79 Å². The molecule has 2 aromatic rings. The Morgan fingerprint density at radius 3 is 2.50 bits per heavy atom. The van der Waals surface area contributed by atoms with Crippen molar-refractivity contribution in [2.24, 2.45) is 0 Å². The first kappa shape index (κ1) is 16.4. The number of rotatable bonds is 5. The predicted octanol–water partition coefficient (Wildman–Crippen LogP) is 0.130. The number of carboxylic acid groups (broad SMARTS) is 1. The van der Waals surface area contributed by atoms with Gasteiger partial charge in [-0.2, -0.15) is 4.68 Å². The van der Waals surface area contributed by atoms with Crippen molar-refractivity contribution < 1.29 is 14.7 Å². The number of hydrogen-bond acceptors (Lipinski definition) is 7. The minimum absolute atomic E-state index is 0.0845. The molecule has 0 unspecified atom stereocenters. The number of nitrogens with zero attached hydrogens (tertiary/aromatic N) is 5. The molecule has 8 nitrogen and oxygen atoms in total. The average Bonchev–Trinajstić information content (AvgIpc) is 3.09. The number of amides is 1. The number of aromatic carboxylic acids is 1. The van der Waals surface area contributed by atoms with Crippen molar-refractivity contribution in [3.8, 4) is 5.69 Å². The number of carboxylic acids is 1. The normalized spacial score (nSPS) is 14.6. The summed E-state index contributed by atoms with van der Waals surface area (Å²) in [7, 11) is 0. The summed E-state index contributed by atoms with van der Waals surface area (Å²) < 4.78 is 1.48. The van der Waals surface area contributed by atoms with Crippen LogP contribution in [0.2, 0.25) is 0 Å². The lowest BCUT2D eigenvalue weighted by Crippen LogP contribution is -2.36. The number of piperidine rings is 1. The molecule has 1 aliphatic heterocycles. The fraction of sp³-hybridized carbons (Fsp3) is 0.400. The van der Waals surface area contributed by atoms with Crippen LogP contribution in [-0.4, -0.2) is 55.8 Å². The molecule has 1 aromatic carbocycles. The summed E-state index contributed by atoms with van der Waals surface area (Å²) in [6.45, 7) is 1.63. The van der Waals surface area contributed by atoms with Gasteiger partial charge < -0.3 is 14.8 Å². The van der Waals surface area contributed by atoms with Crippen LogP contribution in [0.5, 0.6) is 0 Å². The van der Waals surface area contributed by atoms with Crippen molar-refractivity contribution in [1.82, 2.24) is 25.1 Å². The SMILES string of the molecule is O=C([O-])c1ccc(-n2nnnc2SCC(=O)N2CCCCC2)cc1. The molecule has 24 heavy (non-hydrogen) atoms. The molecular weight excluding hydrogens is 330 g/mol. The molecule has 1 saturated heterocycles. The molecule has 1 amide bonds. The first-order valence-electron chi connectivity index (χ1n) is 7.66. The maximum absolute atomic E-state index is 12.2. The third-order valence-corrected chi connectivity index (χ3v) is 4.73. The first-order chi connectivity index (χ1) is 11.6. The highest BCUT2D eigenvalue weighted by atomic mass is 32.2. The van der Waals surface area contributed by atoms with E-state index in [9.17, 15) is 14.7 Å². The van der Waals surface area contributed by atoms with Crippen LogP contribution in [0.15, 0.2) is 29.4 Å². The second-order valence-corrected chi connectivity index (χ2v) is 6.38. The second-order valence-electron chi connectivity index (χ2n) is 5.44. The number of tetrazole rings is 1. The Hall–Kier alpha value is -2.42. The van der Waals surface area contributed by atoms with Crippen LogP contribution in [0.1, 0.15) is 29.6 Å². The minimum atomic E-state index is -1.24. The third kappa shape index (κ3) is 3.73. The van der Waals surface area contributed by atoms with Gasteiger partial charge in [0, 0.05) is 13.1 Å². The fourth-order valence-electron chi connectivity index (χ4n) is 2.53. The fourth-order valence-corrected chi connectivity index (χ4v) is 3.32. The summed E-state index contributed by atoms with van der Waals surface area (Å²) in [5, 5.41) is 22.7.